The third kappa shape index (κ3) is 3.87. The third-order valence-corrected chi connectivity index (χ3v) is 3.75. The van der Waals surface area contributed by atoms with Crippen molar-refractivity contribution < 1.29 is 9.66 Å². The number of nitrogens with one attached hydrogen (secondary N) is 1. The van der Waals surface area contributed by atoms with Gasteiger partial charge in [-0.05, 0) is 29.0 Å². The summed E-state index contributed by atoms with van der Waals surface area (Å²) >= 11 is 0. The molecule has 0 heterocycles. The van der Waals surface area contributed by atoms with Crippen LogP contribution in [0.4, 0.5) is 11.4 Å². The van der Waals surface area contributed by atoms with Gasteiger partial charge in [0.1, 0.15) is 12.4 Å². The maximum absolute atomic E-state index is 10.7. The van der Waals surface area contributed by atoms with E-state index in [1.807, 2.05) is 36.4 Å². The van der Waals surface area contributed by atoms with Gasteiger partial charge in [-0.1, -0.05) is 43.0 Å². The predicted octanol–water partition coefficient (Wildman–Crippen LogP) is 4.76. The van der Waals surface area contributed by atoms with Crippen molar-refractivity contribution in [2.45, 2.75) is 0 Å². The quantitative estimate of drug-likeness (QED) is 0.289. The summed E-state index contributed by atoms with van der Waals surface area (Å²) in [4.78, 5) is 10.3. The fourth-order valence-electron chi connectivity index (χ4n) is 2.51. The summed E-state index contributed by atoms with van der Waals surface area (Å²) in [6.07, 6.45) is 3.37. The van der Waals surface area contributed by atoms with Gasteiger partial charge in [0.25, 0.3) is 5.69 Å². The second-order valence-electron chi connectivity index (χ2n) is 5.47. The average molecular weight is 347 g/mol. The first-order valence-corrected chi connectivity index (χ1v) is 7.98. The molecule has 130 valence electrons. The van der Waals surface area contributed by atoms with Crippen LogP contribution in [0.1, 0.15) is 5.56 Å². The molecule has 0 aliphatic rings. The zero-order valence-corrected chi connectivity index (χ0v) is 14.0. The SMILES string of the molecule is C=CCOc1ccc2ccccc2c1/C=N/Nc1ccc([N+](=O)[O-])cc1. The van der Waals surface area contributed by atoms with E-state index >= 15 is 0 Å². The number of hydrazone groups is 1. The number of nitro groups is 1. The Hall–Kier alpha value is -3.67. The van der Waals surface area contributed by atoms with Gasteiger partial charge in [-0.3, -0.25) is 15.5 Å². The van der Waals surface area contributed by atoms with Gasteiger partial charge in [0.05, 0.1) is 16.8 Å². The summed E-state index contributed by atoms with van der Waals surface area (Å²) in [6, 6.07) is 17.9. The van der Waals surface area contributed by atoms with E-state index in [0.717, 1.165) is 16.3 Å². The molecule has 0 unspecified atom stereocenters. The van der Waals surface area contributed by atoms with Crippen LogP contribution in [0.15, 0.2) is 78.4 Å². The summed E-state index contributed by atoms with van der Waals surface area (Å²) in [6.45, 7) is 4.07. The number of hydrogen-bond acceptors (Lipinski definition) is 5. The first-order valence-electron chi connectivity index (χ1n) is 7.98. The second-order valence-corrected chi connectivity index (χ2v) is 5.47. The highest BCUT2D eigenvalue weighted by molar-refractivity contribution is 6.02. The average Bonchev–Trinajstić information content (AvgIpc) is 2.67. The molecule has 0 radical (unpaired) electrons. The molecule has 0 bridgehead atoms. The Morgan fingerprint density at radius 2 is 1.88 bits per heavy atom. The van der Waals surface area contributed by atoms with Gasteiger partial charge in [0.2, 0.25) is 0 Å². The molecule has 0 aliphatic heterocycles. The van der Waals surface area contributed by atoms with Crippen LogP contribution in [0.2, 0.25) is 0 Å². The van der Waals surface area contributed by atoms with Gasteiger partial charge in [-0.2, -0.15) is 5.10 Å². The van der Waals surface area contributed by atoms with E-state index < -0.39 is 4.92 Å². The number of fused-ring (bicyclic) bond motifs is 1. The topological polar surface area (TPSA) is 76.8 Å². The van der Waals surface area contributed by atoms with Crippen molar-refractivity contribution in [2.24, 2.45) is 5.10 Å². The highest BCUT2D eigenvalue weighted by Gasteiger charge is 2.07. The predicted molar refractivity (Wildman–Crippen MR) is 104 cm³/mol. The number of ether oxygens (including phenoxy) is 1. The second kappa shape index (κ2) is 7.94. The maximum Gasteiger partial charge on any atom is 0.269 e. The number of non-ortho nitro benzene ring substituents is 1. The van der Waals surface area contributed by atoms with Crippen LogP contribution in [0.3, 0.4) is 0 Å². The Kier molecular flexibility index (Phi) is 5.24. The molecule has 1 N–H and O–H groups in total. The Morgan fingerprint density at radius 3 is 2.62 bits per heavy atom. The number of hydrogen-bond donors (Lipinski definition) is 1. The lowest BCUT2D eigenvalue weighted by atomic mass is 10.0. The molecule has 0 saturated heterocycles. The van der Waals surface area contributed by atoms with Gasteiger partial charge < -0.3 is 4.74 Å². The molecule has 0 aromatic heterocycles. The number of benzene rings is 3. The van der Waals surface area contributed by atoms with Crippen molar-refractivity contribution >= 4 is 28.4 Å². The molecule has 6 heteroatoms. The van der Waals surface area contributed by atoms with Gasteiger partial charge in [-0.15, -0.1) is 0 Å². The molecule has 3 aromatic rings. The Bertz CT molecular complexity index is 966. The largest absolute Gasteiger partial charge is 0.489 e. The number of anilines is 1. The first-order chi connectivity index (χ1) is 12.7. The van der Waals surface area contributed by atoms with E-state index in [4.69, 9.17) is 4.74 Å². The summed E-state index contributed by atoms with van der Waals surface area (Å²) in [7, 11) is 0. The minimum Gasteiger partial charge on any atom is -0.489 e. The Morgan fingerprint density at radius 1 is 1.12 bits per heavy atom. The van der Waals surface area contributed by atoms with Crippen LogP contribution >= 0.6 is 0 Å². The first kappa shape index (κ1) is 17.2. The molecular weight excluding hydrogens is 330 g/mol. The van der Waals surface area contributed by atoms with Gasteiger partial charge in [-0.25, -0.2) is 0 Å². The highest BCUT2D eigenvalue weighted by atomic mass is 16.6. The molecule has 0 amide bonds. The van der Waals surface area contributed by atoms with E-state index in [0.29, 0.717) is 18.0 Å². The monoisotopic (exact) mass is 347 g/mol. The highest BCUT2D eigenvalue weighted by Crippen LogP contribution is 2.27. The smallest absolute Gasteiger partial charge is 0.269 e. The van der Waals surface area contributed by atoms with Crippen molar-refractivity contribution in [1.29, 1.82) is 0 Å². The van der Waals surface area contributed by atoms with Crippen molar-refractivity contribution in [3.63, 3.8) is 0 Å². The standard InChI is InChI=1S/C20H17N3O3/c1-2-13-26-20-12-7-15-5-3-4-6-18(15)19(20)14-21-22-16-8-10-17(11-9-16)23(24)25/h2-12,14,22H,1,13H2/b21-14+. The fourth-order valence-corrected chi connectivity index (χ4v) is 2.51. The Labute approximate surface area is 150 Å². The molecule has 0 fully saturated rings. The summed E-state index contributed by atoms with van der Waals surface area (Å²) < 4.78 is 5.73. The van der Waals surface area contributed by atoms with Gasteiger partial charge >= 0.3 is 0 Å². The lowest BCUT2D eigenvalue weighted by Gasteiger charge is -2.10. The molecule has 0 saturated carbocycles. The van der Waals surface area contributed by atoms with Crippen molar-refractivity contribution in [2.75, 3.05) is 12.0 Å². The molecular formula is C20H17N3O3. The molecule has 26 heavy (non-hydrogen) atoms. The van der Waals surface area contributed by atoms with E-state index in [-0.39, 0.29) is 5.69 Å². The van der Waals surface area contributed by atoms with Gasteiger partial charge in [0, 0.05) is 17.7 Å². The Balaban J connectivity index is 1.87. The van der Waals surface area contributed by atoms with Gasteiger partial charge in [0.15, 0.2) is 0 Å². The lowest BCUT2D eigenvalue weighted by molar-refractivity contribution is -0.384. The fraction of sp³-hybridized carbons (Fsp3) is 0.0500. The van der Waals surface area contributed by atoms with Crippen LogP contribution in [0.5, 0.6) is 5.75 Å². The van der Waals surface area contributed by atoms with Crippen LogP contribution in [-0.2, 0) is 0 Å². The number of rotatable bonds is 7. The van der Waals surface area contributed by atoms with E-state index in [9.17, 15) is 10.1 Å². The van der Waals surface area contributed by atoms with E-state index in [1.165, 1.54) is 12.1 Å². The van der Waals surface area contributed by atoms with E-state index in [2.05, 4.69) is 17.1 Å². The van der Waals surface area contributed by atoms with Crippen molar-refractivity contribution in [3.8, 4) is 5.75 Å². The zero-order valence-electron chi connectivity index (χ0n) is 14.0. The normalized spacial score (nSPS) is 10.8. The van der Waals surface area contributed by atoms with Crippen LogP contribution in [0, 0.1) is 10.1 Å². The minimum absolute atomic E-state index is 0.0358. The van der Waals surface area contributed by atoms with Crippen LogP contribution in [-0.4, -0.2) is 17.7 Å². The summed E-state index contributed by atoms with van der Waals surface area (Å²) in [5.74, 6) is 0.706. The summed E-state index contributed by atoms with van der Waals surface area (Å²) in [5.41, 5.74) is 4.41. The molecule has 0 spiro atoms. The van der Waals surface area contributed by atoms with Crippen LogP contribution in [0.25, 0.3) is 10.8 Å². The molecule has 3 rings (SSSR count). The van der Waals surface area contributed by atoms with Crippen LogP contribution < -0.4 is 10.2 Å². The molecule has 6 nitrogen and oxygen atoms in total. The minimum atomic E-state index is -0.438. The number of nitro benzene ring substituents is 1. The number of nitrogens with zero attached hydrogens (tertiary/aromatic N) is 2. The van der Waals surface area contributed by atoms with Crippen molar-refractivity contribution in [3.05, 3.63) is 89.0 Å². The van der Waals surface area contributed by atoms with Crippen molar-refractivity contribution in [1.82, 2.24) is 0 Å². The summed E-state index contributed by atoms with van der Waals surface area (Å²) in [5, 5.41) is 17.0. The van der Waals surface area contributed by atoms with E-state index in [1.54, 1.807) is 24.4 Å². The molecule has 0 atom stereocenters. The maximum atomic E-state index is 10.7. The lowest BCUT2D eigenvalue weighted by Crippen LogP contribution is -1.99. The zero-order chi connectivity index (χ0) is 18.4. The third-order valence-electron chi connectivity index (χ3n) is 3.75. The molecule has 0 aliphatic carbocycles. The molecule has 3 aromatic carbocycles.